The van der Waals surface area contributed by atoms with Crippen molar-refractivity contribution in [2.75, 3.05) is 10.2 Å². The van der Waals surface area contributed by atoms with Gasteiger partial charge in [0, 0.05) is 16.8 Å². The van der Waals surface area contributed by atoms with E-state index in [0.717, 1.165) is 0 Å². The minimum atomic E-state index is -3.18. The van der Waals surface area contributed by atoms with Crippen molar-refractivity contribution in [1.82, 2.24) is 9.78 Å². The lowest BCUT2D eigenvalue weighted by Gasteiger charge is -2.38. The summed E-state index contributed by atoms with van der Waals surface area (Å²) in [6.07, 6.45) is -0.0219. The van der Waals surface area contributed by atoms with Crippen molar-refractivity contribution in [3.63, 3.8) is 0 Å². The van der Waals surface area contributed by atoms with Crippen LogP contribution in [0.3, 0.4) is 0 Å². The van der Waals surface area contributed by atoms with E-state index in [1.807, 2.05) is 13.8 Å². The number of benzene rings is 2. The molecule has 0 spiro atoms. The molecule has 0 saturated heterocycles. The third-order valence-electron chi connectivity index (χ3n) is 5.59. The van der Waals surface area contributed by atoms with E-state index in [-0.39, 0.29) is 34.6 Å². The Morgan fingerprint density at radius 3 is 2.26 bits per heavy atom. The van der Waals surface area contributed by atoms with Gasteiger partial charge >= 0.3 is 6.09 Å². The zero-order valence-corrected chi connectivity index (χ0v) is 16.8. The number of carbonyl (C=O) groups is 2. The first-order valence-corrected chi connectivity index (χ1v) is 9.66. The zero-order chi connectivity index (χ0) is 22.3. The van der Waals surface area contributed by atoms with Crippen molar-refractivity contribution >= 4 is 23.4 Å². The summed E-state index contributed by atoms with van der Waals surface area (Å²) < 4.78 is 31.2. The van der Waals surface area contributed by atoms with Gasteiger partial charge in [0.15, 0.2) is 5.69 Å². The molecule has 1 aliphatic heterocycles. The van der Waals surface area contributed by atoms with Crippen molar-refractivity contribution in [2.24, 2.45) is 0 Å². The zero-order valence-electron chi connectivity index (χ0n) is 16.8. The maximum Gasteiger partial charge on any atom is 0.409 e. The molecule has 0 radical (unpaired) electrons. The molecule has 7 nitrogen and oxygen atoms in total. The summed E-state index contributed by atoms with van der Waals surface area (Å²) in [5.41, 5.74) is 0.309. The SMILES string of the molecule is C[C@@H]1[C@@H](C)n2ncc(NC(=O)O)c2C(=O)N1c1ccc(C(F)(F)c2ccccc2)cc1. The summed E-state index contributed by atoms with van der Waals surface area (Å²) in [6, 6.07) is 12.5. The molecule has 1 aromatic heterocycles. The highest BCUT2D eigenvalue weighted by molar-refractivity contribution is 6.10. The van der Waals surface area contributed by atoms with E-state index in [1.165, 1.54) is 52.2 Å². The summed E-state index contributed by atoms with van der Waals surface area (Å²) in [4.78, 5) is 25.8. The molecule has 31 heavy (non-hydrogen) atoms. The van der Waals surface area contributed by atoms with E-state index in [2.05, 4.69) is 10.4 Å². The molecule has 0 bridgehead atoms. The average Bonchev–Trinajstić information content (AvgIpc) is 3.16. The standard InChI is InChI=1S/C22H20F2N4O3/c1-13-14(2)28-19(18(12-25-28)26-21(30)31)20(29)27(13)17-10-8-16(9-11-17)22(23,24)15-6-4-3-5-7-15/h3-14,26H,1-2H3,(H,30,31)/t13-,14-/m1/s1. The Labute approximate surface area is 176 Å². The number of halogens is 2. The summed E-state index contributed by atoms with van der Waals surface area (Å²) in [5, 5.41) is 15.4. The fourth-order valence-corrected chi connectivity index (χ4v) is 3.81. The lowest BCUT2D eigenvalue weighted by Crippen LogP contribution is -2.49. The molecule has 2 aromatic carbocycles. The second-order valence-corrected chi connectivity index (χ2v) is 7.43. The number of anilines is 2. The number of carbonyl (C=O) groups excluding carboxylic acids is 1. The van der Waals surface area contributed by atoms with E-state index >= 15 is 0 Å². The number of rotatable bonds is 4. The van der Waals surface area contributed by atoms with Crippen molar-refractivity contribution in [2.45, 2.75) is 31.9 Å². The Kier molecular flexibility index (Phi) is 4.96. The molecule has 0 saturated carbocycles. The van der Waals surface area contributed by atoms with Gasteiger partial charge in [-0.1, -0.05) is 42.5 Å². The second-order valence-electron chi connectivity index (χ2n) is 7.43. The molecule has 2 atom stereocenters. The minimum Gasteiger partial charge on any atom is -0.465 e. The van der Waals surface area contributed by atoms with Crippen LogP contribution in [0.15, 0.2) is 60.8 Å². The molecular formula is C22H20F2N4O3. The maximum atomic E-state index is 14.9. The second kappa shape index (κ2) is 7.50. The summed E-state index contributed by atoms with van der Waals surface area (Å²) in [5.74, 6) is -3.64. The van der Waals surface area contributed by atoms with Crippen LogP contribution in [0.2, 0.25) is 0 Å². The van der Waals surface area contributed by atoms with Crippen LogP contribution in [0, 0.1) is 0 Å². The molecule has 0 fully saturated rings. The van der Waals surface area contributed by atoms with Gasteiger partial charge in [-0.05, 0) is 26.0 Å². The molecule has 160 valence electrons. The number of aromatic nitrogens is 2. The smallest absolute Gasteiger partial charge is 0.409 e. The van der Waals surface area contributed by atoms with Crippen LogP contribution >= 0.6 is 0 Å². The van der Waals surface area contributed by atoms with Crippen LogP contribution in [0.25, 0.3) is 0 Å². The summed E-state index contributed by atoms with van der Waals surface area (Å²) in [6.45, 7) is 3.67. The van der Waals surface area contributed by atoms with E-state index in [9.17, 15) is 18.4 Å². The molecule has 2 N–H and O–H groups in total. The molecule has 2 amide bonds. The number of nitrogens with zero attached hydrogens (tertiary/aromatic N) is 3. The largest absolute Gasteiger partial charge is 0.465 e. The molecule has 3 aromatic rings. The molecule has 1 aliphatic rings. The van der Waals surface area contributed by atoms with E-state index in [4.69, 9.17) is 5.11 Å². The number of alkyl halides is 2. The third-order valence-corrected chi connectivity index (χ3v) is 5.59. The lowest BCUT2D eigenvalue weighted by molar-refractivity contribution is 0.0428. The molecule has 2 heterocycles. The molecule has 9 heteroatoms. The van der Waals surface area contributed by atoms with Crippen LogP contribution in [-0.2, 0) is 5.92 Å². The Balaban J connectivity index is 1.69. The number of hydrogen-bond acceptors (Lipinski definition) is 3. The highest BCUT2D eigenvalue weighted by Crippen LogP contribution is 2.38. The van der Waals surface area contributed by atoms with Gasteiger partial charge in [0.05, 0.1) is 24.0 Å². The topological polar surface area (TPSA) is 87.5 Å². The Morgan fingerprint density at radius 1 is 1.03 bits per heavy atom. The fourth-order valence-electron chi connectivity index (χ4n) is 3.81. The first-order valence-electron chi connectivity index (χ1n) is 9.66. The van der Waals surface area contributed by atoms with E-state index < -0.39 is 17.9 Å². The first kappa shape index (κ1) is 20.5. The normalized spacial score (nSPS) is 18.6. The quantitative estimate of drug-likeness (QED) is 0.632. The van der Waals surface area contributed by atoms with Crippen molar-refractivity contribution in [3.8, 4) is 0 Å². The van der Waals surface area contributed by atoms with Crippen molar-refractivity contribution in [3.05, 3.63) is 77.6 Å². The van der Waals surface area contributed by atoms with Crippen molar-refractivity contribution in [1.29, 1.82) is 0 Å². The average molecular weight is 426 g/mol. The van der Waals surface area contributed by atoms with Crippen molar-refractivity contribution < 1.29 is 23.5 Å². The van der Waals surface area contributed by atoms with Crippen LogP contribution in [0.5, 0.6) is 0 Å². The van der Waals surface area contributed by atoms with Gasteiger partial charge < -0.3 is 10.0 Å². The van der Waals surface area contributed by atoms with Gasteiger partial charge in [-0.3, -0.25) is 14.8 Å². The highest BCUT2D eigenvalue weighted by Gasteiger charge is 2.39. The molecule has 0 aliphatic carbocycles. The number of hydrogen-bond donors (Lipinski definition) is 2. The Bertz CT molecular complexity index is 1130. The maximum absolute atomic E-state index is 14.9. The van der Waals surface area contributed by atoms with Gasteiger partial charge in [-0.25, -0.2) is 4.79 Å². The van der Waals surface area contributed by atoms with E-state index in [1.54, 1.807) is 18.2 Å². The van der Waals surface area contributed by atoms with Crippen LogP contribution in [0.1, 0.15) is 41.5 Å². The minimum absolute atomic E-state index is 0.0773. The van der Waals surface area contributed by atoms with Crippen LogP contribution in [-0.4, -0.2) is 32.9 Å². The lowest BCUT2D eigenvalue weighted by atomic mass is 9.99. The van der Waals surface area contributed by atoms with Gasteiger partial charge in [0.1, 0.15) is 0 Å². The first-order chi connectivity index (χ1) is 14.7. The summed E-state index contributed by atoms with van der Waals surface area (Å²) in [7, 11) is 0. The van der Waals surface area contributed by atoms with Crippen LogP contribution < -0.4 is 10.2 Å². The third kappa shape index (κ3) is 3.41. The number of fused-ring (bicyclic) bond motifs is 1. The highest BCUT2D eigenvalue weighted by atomic mass is 19.3. The number of amides is 2. The van der Waals surface area contributed by atoms with Crippen LogP contribution in [0.4, 0.5) is 25.0 Å². The Hall–Kier alpha value is -3.75. The number of carboxylic acid groups (broad SMARTS) is 1. The molecule has 4 rings (SSSR count). The van der Waals surface area contributed by atoms with Gasteiger partial charge in [0.25, 0.3) is 11.8 Å². The predicted octanol–water partition coefficient (Wildman–Crippen LogP) is 4.72. The number of nitrogens with one attached hydrogen (secondary N) is 1. The predicted molar refractivity (Wildman–Crippen MR) is 111 cm³/mol. The molecular weight excluding hydrogens is 406 g/mol. The summed E-state index contributed by atoms with van der Waals surface area (Å²) >= 11 is 0. The fraction of sp³-hybridized carbons (Fsp3) is 0.227. The Morgan fingerprint density at radius 2 is 1.65 bits per heavy atom. The van der Waals surface area contributed by atoms with Gasteiger partial charge in [0.2, 0.25) is 0 Å². The van der Waals surface area contributed by atoms with Gasteiger partial charge in [-0.15, -0.1) is 0 Å². The van der Waals surface area contributed by atoms with Gasteiger partial charge in [-0.2, -0.15) is 13.9 Å². The monoisotopic (exact) mass is 426 g/mol. The molecule has 0 unspecified atom stereocenters. The van der Waals surface area contributed by atoms with E-state index in [0.29, 0.717) is 5.69 Å².